The Morgan fingerprint density at radius 3 is 2.17 bits per heavy atom. The number of ether oxygens (including phenoxy) is 2. The van der Waals surface area contributed by atoms with E-state index in [0.29, 0.717) is 17.2 Å². The van der Waals surface area contributed by atoms with Crippen LogP contribution >= 0.6 is 0 Å². The number of rotatable bonds is 6. The van der Waals surface area contributed by atoms with Crippen molar-refractivity contribution in [2.24, 2.45) is 0 Å². The van der Waals surface area contributed by atoms with Crippen LogP contribution in [0.5, 0.6) is 5.75 Å². The smallest absolute Gasteiger partial charge is 0.339 e. The van der Waals surface area contributed by atoms with Gasteiger partial charge in [-0.15, -0.1) is 0 Å². The predicted octanol–water partition coefficient (Wildman–Crippen LogP) is 5.33. The molecular weight excluding hydrogens is 366 g/mol. The molecule has 0 aliphatic rings. The van der Waals surface area contributed by atoms with Gasteiger partial charge in [0.25, 0.3) is 0 Å². The maximum absolute atomic E-state index is 12.7. The molecule has 0 fully saturated rings. The van der Waals surface area contributed by atoms with Crippen LogP contribution in [0.3, 0.4) is 0 Å². The van der Waals surface area contributed by atoms with Gasteiger partial charge in [0.05, 0.1) is 5.56 Å². The van der Waals surface area contributed by atoms with E-state index in [1.807, 2.05) is 63.2 Å². The molecule has 0 N–H and O–H groups in total. The van der Waals surface area contributed by atoms with Crippen molar-refractivity contribution in [1.29, 1.82) is 0 Å². The second kappa shape index (κ2) is 9.12. The van der Waals surface area contributed by atoms with Crippen molar-refractivity contribution < 1.29 is 19.1 Å². The molecule has 0 aliphatic heterocycles. The number of carbonyl (C=O) groups is 2. The molecule has 0 saturated heterocycles. The molecule has 2 rings (SSSR count). The lowest BCUT2D eigenvalue weighted by atomic mass is 9.97. The van der Waals surface area contributed by atoms with Crippen molar-refractivity contribution in [2.45, 2.75) is 59.7 Å². The molecule has 0 heterocycles. The molecule has 0 radical (unpaired) electrons. The van der Waals surface area contributed by atoms with E-state index < -0.39 is 5.60 Å². The Hall–Kier alpha value is -2.82. The predicted molar refractivity (Wildman–Crippen MR) is 116 cm³/mol. The third-order valence-corrected chi connectivity index (χ3v) is 4.51. The largest absolute Gasteiger partial charge is 0.489 e. The van der Waals surface area contributed by atoms with Crippen molar-refractivity contribution in [3.63, 3.8) is 0 Å². The highest BCUT2D eigenvalue weighted by Gasteiger charge is 2.21. The third-order valence-electron chi connectivity index (χ3n) is 4.51. The van der Waals surface area contributed by atoms with Gasteiger partial charge in [0.1, 0.15) is 18.0 Å². The summed E-state index contributed by atoms with van der Waals surface area (Å²) in [5, 5.41) is 0. The van der Waals surface area contributed by atoms with E-state index in [1.54, 1.807) is 11.9 Å². The van der Waals surface area contributed by atoms with Gasteiger partial charge in [0.15, 0.2) is 0 Å². The fourth-order valence-corrected chi connectivity index (χ4v) is 2.71. The molecule has 5 nitrogen and oxygen atoms in total. The topological polar surface area (TPSA) is 55.8 Å². The molecule has 0 atom stereocenters. The van der Waals surface area contributed by atoms with Crippen LogP contribution in [0.4, 0.5) is 5.69 Å². The summed E-state index contributed by atoms with van der Waals surface area (Å²) in [6.45, 7) is 11.5. The van der Waals surface area contributed by atoms with E-state index in [4.69, 9.17) is 9.47 Å². The fourth-order valence-electron chi connectivity index (χ4n) is 2.71. The van der Waals surface area contributed by atoms with Crippen LogP contribution in [0.2, 0.25) is 0 Å². The Kier molecular flexibility index (Phi) is 7.07. The summed E-state index contributed by atoms with van der Waals surface area (Å²) in [6, 6.07) is 13.1. The average molecular weight is 398 g/mol. The zero-order valence-electron chi connectivity index (χ0n) is 18.4. The number of anilines is 1. The first kappa shape index (κ1) is 22.5. The lowest BCUT2D eigenvalue weighted by molar-refractivity contribution is -0.116. The van der Waals surface area contributed by atoms with Crippen LogP contribution in [0.25, 0.3) is 0 Å². The van der Waals surface area contributed by atoms with Gasteiger partial charge in [0.2, 0.25) is 5.91 Å². The first-order chi connectivity index (χ1) is 13.5. The number of carbonyl (C=O) groups excluding carboxylic acids is 2. The molecule has 0 aliphatic carbocycles. The van der Waals surface area contributed by atoms with E-state index in [9.17, 15) is 9.59 Å². The van der Waals surface area contributed by atoms with Gasteiger partial charge in [0, 0.05) is 25.2 Å². The van der Waals surface area contributed by atoms with Crippen molar-refractivity contribution >= 4 is 17.6 Å². The fraction of sp³-hybridized carbons (Fsp3) is 0.417. The summed E-state index contributed by atoms with van der Waals surface area (Å²) >= 11 is 0. The molecule has 0 spiro atoms. The Morgan fingerprint density at radius 2 is 1.66 bits per heavy atom. The van der Waals surface area contributed by atoms with Crippen molar-refractivity contribution in [3.8, 4) is 5.75 Å². The lowest BCUT2D eigenvalue weighted by Gasteiger charge is -2.21. The molecular formula is C24H31NO4. The molecule has 0 saturated carbocycles. The van der Waals surface area contributed by atoms with E-state index in [0.717, 1.165) is 16.8 Å². The van der Waals surface area contributed by atoms with Crippen LogP contribution in [-0.2, 0) is 16.1 Å². The van der Waals surface area contributed by atoms with Gasteiger partial charge in [-0.05, 0) is 62.6 Å². The van der Waals surface area contributed by atoms with Crippen molar-refractivity contribution in [3.05, 3.63) is 59.2 Å². The van der Waals surface area contributed by atoms with Crippen molar-refractivity contribution in [2.75, 3.05) is 11.9 Å². The summed E-state index contributed by atoms with van der Waals surface area (Å²) in [7, 11) is 1.72. The maximum Gasteiger partial charge on any atom is 0.339 e. The number of esters is 1. The number of amides is 1. The summed E-state index contributed by atoms with van der Waals surface area (Å²) in [5.41, 5.74) is 2.60. The molecule has 156 valence electrons. The highest BCUT2D eigenvalue weighted by atomic mass is 16.6. The quantitative estimate of drug-likeness (QED) is 0.619. The monoisotopic (exact) mass is 397 g/mol. The zero-order valence-corrected chi connectivity index (χ0v) is 18.4. The SMILES string of the molecule is CC(=O)N(C)c1ccc(OCc2ccc(C(C)C)cc2C(=O)OC(C)(C)C)cc1. The standard InChI is InChI=1S/C24H31NO4/c1-16(2)18-8-9-19(22(14-18)23(27)29-24(4,5)6)15-28-21-12-10-20(11-13-21)25(7)17(3)26/h8-14,16H,15H2,1-7H3. The van der Waals surface area contributed by atoms with Crippen molar-refractivity contribution in [1.82, 2.24) is 0 Å². The summed E-state index contributed by atoms with van der Waals surface area (Å²) in [5.74, 6) is 0.577. The average Bonchev–Trinajstić information content (AvgIpc) is 2.64. The minimum absolute atomic E-state index is 0.0362. The molecule has 2 aromatic rings. The minimum Gasteiger partial charge on any atom is -0.489 e. The van der Waals surface area contributed by atoms with Crippen LogP contribution < -0.4 is 9.64 Å². The number of hydrogen-bond acceptors (Lipinski definition) is 4. The molecule has 0 aromatic heterocycles. The number of benzene rings is 2. The molecule has 5 heteroatoms. The van der Waals surface area contributed by atoms with E-state index in [1.165, 1.54) is 6.92 Å². The Balaban J connectivity index is 2.21. The molecule has 2 aromatic carbocycles. The van der Waals surface area contributed by atoms with Gasteiger partial charge in [-0.3, -0.25) is 4.79 Å². The zero-order chi connectivity index (χ0) is 21.8. The Morgan fingerprint density at radius 1 is 1.03 bits per heavy atom. The molecule has 1 amide bonds. The first-order valence-corrected chi connectivity index (χ1v) is 9.81. The third kappa shape index (κ3) is 6.34. The summed E-state index contributed by atoms with van der Waals surface area (Å²) < 4.78 is 11.5. The van der Waals surface area contributed by atoms with Crippen LogP contribution in [-0.4, -0.2) is 24.5 Å². The normalized spacial score (nSPS) is 11.3. The number of hydrogen-bond donors (Lipinski definition) is 0. The maximum atomic E-state index is 12.7. The van der Waals surface area contributed by atoms with Crippen LogP contribution in [0.1, 0.15) is 68.9 Å². The van der Waals surface area contributed by atoms with Gasteiger partial charge >= 0.3 is 5.97 Å². The summed E-state index contributed by atoms with van der Waals surface area (Å²) in [4.78, 5) is 25.8. The minimum atomic E-state index is -0.568. The van der Waals surface area contributed by atoms with E-state index >= 15 is 0 Å². The molecule has 0 unspecified atom stereocenters. The van der Waals surface area contributed by atoms with E-state index in [2.05, 4.69) is 13.8 Å². The van der Waals surface area contributed by atoms with Gasteiger partial charge < -0.3 is 14.4 Å². The molecule has 0 bridgehead atoms. The number of nitrogens with zero attached hydrogens (tertiary/aromatic N) is 1. The Labute approximate surface area is 173 Å². The lowest BCUT2D eigenvalue weighted by Crippen LogP contribution is -2.25. The van der Waals surface area contributed by atoms with Gasteiger partial charge in [-0.2, -0.15) is 0 Å². The van der Waals surface area contributed by atoms with Gasteiger partial charge in [-0.25, -0.2) is 4.79 Å². The van der Waals surface area contributed by atoms with E-state index in [-0.39, 0.29) is 18.5 Å². The second-order valence-corrected chi connectivity index (χ2v) is 8.43. The Bertz CT molecular complexity index is 863. The first-order valence-electron chi connectivity index (χ1n) is 9.81. The second-order valence-electron chi connectivity index (χ2n) is 8.43. The van der Waals surface area contributed by atoms with Crippen LogP contribution in [0.15, 0.2) is 42.5 Å². The van der Waals surface area contributed by atoms with Gasteiger partial charge in [-0.1, -0.05) is 26.0 Å². The highest BCUT2D eigenvalue weighted by Crippen LogP contribution is 2.24. The van der Waals surface area contributed by atoms with Crippen LogP contribution in [0, 0.1) is 0 Å². The summed E-state index contributed by atoms with van der Waals surface area (Å²) in [6.07, 6.45) is 0. The molecule has 29 heavy (non-hydrogen) atoms. The highest BCUT2D eigenvalue weighted by molar-refractivity contribution is 5.92.